The monoisotopic (exact) mass is 375 g/mol. The van der Waals surface area contributed by atoms with Gasteiger partial charge in [-0.2, -0.15) is 4.98 Å². The Labute approximate surface area is 156 Å². The molecule has 1 aromatic carbocycles. The lowest BCUT2D eigenvalue weighted by Crippen LogP contribution is -2.42. The van der Waals surface area contributed by atoms with E-state index in [4.69, 9.17) is 9.47 Å². The fourth-order valence-electron chi connectivity index (χ4n) is 2.17. The smallest absolute Gasteiger partial charge is 0.408 e. The molecule has 9 heteroatoms. The summed E-state index contributed by atoms with van der Waals surface area (Å²) in [7, 11) is 2.43. The number of nitrogens with zero attached hydrogens (tertiary/aromatic N) is 2. The van der Waals surface area contributed by atoms with Crippen molar-refractivity contribution in [3.8, 4) is 11.6 Å². The Morgan fingerprint density at radius 1 is 1.15 bits per heavy atom. The van der Waals surface area contributed by atoms with Gasteiger partial charge in [0.25, 0.3) is 5.88 Å². The fraction of sp³-hybridized carbons (Fsp3) is 0.333. The van der Waals surface area contributed by atoms with Crippen molar-refractivity contribution in [3.05, 3.63) is 47.4 Å². The van der Waals surface area contributed by atoms with Gasteiger partial charge < -0.3 is 24.6 Å². The third-order valence-corrected chi connectivity index (χ3v) is 3.61. The maximum Gasteiger partial charge on any atom is 0.408 e. The molecule has 0 radical (unpaired) electrons. The fourth-order valence-corrected chi connectivity index (χ4v) is 2.17. The number of nitrogens with one attached hydrogen (secondary N) is 1. The summed E-state index contributed by atoms with van der Waals surface area (Å²) in [4.78, 5) is 32.0. The normalized spacial score (nSPS) is 10.8. The summed E-state index contributed by atoms with van der Waals surface area (Å²) in [5.41, 5.74) is -0.662. The van der Waals surface area contributed by atoms with Crippen molar-refractivity contribution in [1.82, 2.24) is 15.3 Å². The molecule has 144 valence electrons. The Bertz CT molecular complexity index is 823. The number of alkyl carbamates (subject to hydrolysis) is 1. The second kappa shape index (κ2) is 8.35. The number of rotatable bonds is 6. The van der Waals surface area contributed by atoms with Crippen LogP contribution in [-0.2, 0) is 21.6 Å². The molecule has 0 saturated heterocycles. The maximum atomic E-state index is 12.1. The third kappa shape index (κ3) is 4.84. The third-order valence-electron chi connectivity index (χ3n) is 3.61. The van der Waals surface area contributed by atoms with Crippen LogP contribution in [0.15, 0.2) is 30.3 Å². The van der Waals surface area contributed by atoms with Crippen LogP contribution in [0.3, 0.4) is 0 Å². The molecule has 1 amide bonds. The number of carbonyl (C=O) groups is 2. The molecule has 2 N–H and O–H groups in total. The predicted octanol–water partition coefficient (Wildman–Crippen LogP) is 2.14. The Hall–Kier alpha value is -3.36. The number of aromatic nitrogens is 2. The average Bonchev–Trinajstić information content (AvgIpc) is 2.66. The van der Waals surface area contributed by atoms with Gasteiger partial charge in [0.15, 0.2) is 11.5 Å². The molecular formula is C18H21N3O6. The van der Waals surface area contributed by atoms with Crippen LogP contribution >= 0.6 is 0 Å². The van der Waals surface area contributed by atoms with Gasteiger partial charge in [-0.1, -0.05) is 30.3 Å². The molecule has 2 aromatic rings. The Balaban J connectivity index is 2.19. The molecular weight excluding hydrogens is 354 g/mol. The molecule has 1 heterocycles. The number of aromatic hydroxyl groups is 1. The van der Waals surface area contributed by atoms with Gasteiger partial charge >= 0.3 is 12.1 Å². The standard InChI is InChI=1S/C18H21N3O6/c1-18(2,21-17(24)27-10-11-8-6-5-7-9-11)16-19-12(15(23)26-4)13(22)14(20-16)25-3/h5-9,22H,10H2,1-4H3,(H,21,24). The van der Waals surface area contributed by atoms with Crippen LogP contribution < -0.4 is 10.1 Å². The van der Waals surface area contributed by atoms with E-state index in [2.05, 4.69) is 20.0 Å². The molecule has 2 rings (SSSR count). The SMILES string of the molecule is COC(=O)c1nc(C(C)(C)NC(=O)OCc2ccccc2)nc(OC)c1O. The summed E-state index contributed by atoms with van der Waals surface area (Å²) in [6.07, 6.45) is -0.695. The first-order valence-electron chi connectivity index (χ1n) is 8.01. The van der Waals surface area contributed by atoms with E-state index in [9.17, 15) is 14.7 Å². The highest BCUT2D eigenvalue weighted by molar-refractivity contribution is 5.90. The van der Waals surface area contributed by atoms with Crippen molar-refractivity contribution in [1.29, 1.82) is 0 Å². The van der Waals surface area contributed by atoms with Gasteiger partial charge in [0, 0.05) is 0 Å². The van der Waals surface area contributed by atoms with Crippen LogP contribution in [-0.4, -0.2) is 41.4 Å². The van der Waals surface area contributed by atoms with Crippen LogP contribution in [0.2, 0.25) is 0 Å². The Kier molecular flexibility index (Phi) is 6.17. The highest BCUT2D eigenvalue weighted by Gasteiger charge is 2.31. The number of hydrogen-bond acceptors (Lipinski definition) is 8. The van der Waals surface area contributed by atoms with E-state index in [0.29, 0.717) is 0 Å². The molecule has 27 heavy (non-hydrogen) atoms. The second-order valence-electron chi connectivity index (χ2n) is 6.06. The van der Waals surface area contributed by atoms with Gasteiger partial charge in [0.2, 0.25) is 5.75 Å². The minimum absolute atomic E-state index is 0.0363. The summed E-state index contributed by atoms with van der Waals surface area (Å²) in [6, 6.07) is 9.20. The van der Waals surface area contributed by atoms with Crippen LogP contribution in [0, 0.1) is 0 Å². The number of benzene rings is 1. The zero-order valence-electron chi connectivity index (χ0n) is 15.5. The van der Waals surface area contributed by atoms with Gasteiger partial charge in [0.1, 0.15) is 6.61 Å². The molecule has 0 atom stereocenters. The van der Waals surface area contributed by atoms with Crippen LogP contribution in [0.5, 0.6) is 11.6 Å². The lowest BCUT2D eigenvalue weighted by Gasteiger charge is -2.25. The van der Waals surface area contributed by atoms with Gasteiger partial charge in [-0.3, -0.25) is 0 Å². The van der Waals surface area contributed by atoms with E-state index in [0.717, 1.165) is 12.7 Å². The summed E-state index contributed by atoms with van der Waals surface area (Å²) in [5.74, 6) is -1.59. The van der Waals surface area contributed by atoms with E-state index in [1.807, 2.05) is 30.3 Å². The van der Waals surface area contributed by atoms with Crippen molar-refractivity contribution in [2.45, 2.75) is 26.0 Å². The van der Waals surface area contributed by atoms with Crippen molar-refractivity contribution < 1.29 is 28.9 Å². The molecule has 9 nitrogen and oxygen atoms in total. The van der Waals surface area contributed by atoms with Crippen molar-refractivity contribution >= 4 is 12.1 Å². The zero-order chi connectivity index (χ0) is 20.0. The largest absolute Gasteiger partial charge is 0.501 e. The van der Waals surface area contributed by atoms with Crippen molar-refractivity contribution in [2.75, 3.05) is 14.2 Å². The second-order valence-corrected chi connectivity index (χ2v) is 6.06. The first-order chi connectivity index (χ1) is 12.8. The molecule has 0 aliphatic rings. The van der Waals surface area contributed by atoms with E-state index in [-0.39, 0.29) is 24.0 Å². The number of esters is 1. The minimum atomic E-state index is -1.13. The number of methoxy groups -OCH3 is 2. The topological polar surface area (TPSA) is 120 Å². The van der Waals surface area contributed by atoms with Gasteiger partial charge in [-0.15, -0.1) is 0 Å². The number of ether oxygens (including phenoxy) is 3. The molecule has 0 fully saturated rings. The lowest BCUT2D eigenvalue weighted by molar-refractivity contribution is 0.0588. The first kappa shape index (κ1) is 20.0. The summed E-state index contributed by atoms with van der Waals surface area (Å²) >= 11 is 0. The summed E-state index contributed by atoms with van der Waals surface area (Å²) < 4.78 is 14.8. The number of amides is 1. The summed E-state index contributed by atoms with van der Waals surface area (Å²) in [5, 5.41) is 12.6. The van der Waals surface area contributed by atoms with Crippen molar-refractivity contribution in [3.63, 3.8) is 0 Å². The first-order valence-corrected chi connectivity index (χ1v) is 8.01. The molecule has 0 saturated carbocycles. The van der Waals surface area contributed by atoms with E-state index in [1.54, 1.807) is 13.8 Å². The molecule has 0 spiro atoms. The number of carbonyl (C=O) groups excluding carboxylic acids is 2. The molecule has 0 bridgehead atoms. The Morgan fingerprint density at radius 2 is 1.81 bits per heavy atom. The molecule has 0 aliphatic carbocycles. The zero-order valence-corrected chi connectivity index (χ0v) is 15.5. The summed E-state index contributed by atoms with van der Waals surface area (Å²) in [6.45, 7) is 3.32. The minimum Gasteiger partial charge on any atom is -0.501 e. The highest BCUT2D eigenvalue weighted by atomic mass is 16.5. The van der Waals surface area contributed by atoms with Crippen LogP contribution in [0.4, 0.5) is 4.79 Å². The average molecular weight is 375 g/mol. The van der Waals surface area contributed by atoms with E-state index < -0.39 is 23.4 Å². The van der Waals surface area contributed by atoms with Gasteiger partial charge in [0.05, 0.1) is 19.8 Å². The highest BCUT2D eigenvalue weighted by Crippen LogP contribution is 2.30. The predicted molar refractivity (Wildman–Crippen MR) is 94.4 cm³/mol. The van der Waals surface area contributed by atoms with Gasteiger partial charge in [-0.05, 0) is 19.4 Å². The van der Waals surface area contributed by atoms with Gasteiger partial charge in [-0.25, -0.2) is 14.6 Å². The van der Waals surface area contributed by atoms with Crippen LogP contribution in [0.25, 0.3) is 0 Å². The van der Waals surface area contributed by atoms with E-state index >= 15 is 0 Å². The molecule has 0 aliphatic heterocycles. The maximum absolute atomic E-state index is 12.1. The molecule has 0 unspecified atom stereocenters. The Morgan fingerprint density at radius 3 is 2.41 bits per heavy atom. The van der Waals surface area contributed by atoms with E-state index in [1.165, 1.54) is 7.11 Å². The number of hydrogen-bond donors (Lipinski definition) is 2. The quantitative estimate of drug-likeness (QED) is 0.737. The molecule has 1 aromatic heterocycles. The van der Waals surface area contributed by atoms with Crippen molar-refractivity contribution in [2.24, 2.45) is 0 Å². The lowest BCUT2D eigenvalue weighted by atomic mass is 10.0. The van der Waals surface area contributed by atoms with Crippen LogP contribution in [0.1, 0.15) is 35.7 Å².